The summed E-state index contributed by atoms with van der Waals surface area (Å²) in [7, 11) is 1.97. The SMILES string of the molecule is CNC(C)c1cc(-c2ncc[nH]2)cs1. The first-order valence-corrected chi connectivity index (χ1v) is 5.44. The van der Waals surface area contributed by atoms with Crippen LogP contribution in [0.2, 0.25) is 0 Å². The maximum absolute atomic E-state index is 4.22. The number of aromatic nitrogens is 2. The number of hydrogen-bond acceptors (Lipinski definition) is 3. The summed E-state index contributed by atoms with van der Waals surface area (Å²) >= 11 is 1.76. The average Bonchev–Trinajstić information content (AvgIpc) is 2.86. The van der Waals surface area contributed by atoms with Crippen LogP contribution in [0.4, 0.5) is 0 Å². The Morgan fingerprint density at radius 1 is 1.57 bits per heavy atom. The monoisotopic (exact) mass is 207 g/mol. The van der Waals surface area contributed by atoms with E-state index in [9.17, 15) is 0 Å². The number of thiophene rings is 1. The number of imidazole rings is 1. The topological polar surface area (TPSA) is 40.7 Å². The van der Waals surface area contributed by atoms with Crippen LogP contribution in [0.5, 0.6) is 0 Å². The van der Waals surface area contributed by atoms with Crippen LogP contribution >= 0.6 is 11.3 Å². The highest BCUT2D eigenvalue weighted by atomic mass is 32.1. The fourth-order valence-electron chi connectivity index (χ4n) is 1.27. The Balaban J connectivity index is 2.26. The van der Waals surface area contributed by atoms with Gasteiger partial charge in [-0.2, -0.15) is 0 Å². The molecule has 4 heteroatoms. The van der Waals surface area contributed by atoms with Crippen LogP contribution in [0.1, 0.15) is 17.8 Å². The van der Waals surface area contributed by atoms with Crippen molar-refractivity contribution in [3.63, 3.8) is 0 Å². The van der Waals surface area contributed by atoms with Crippen LogP contribution in [0.3, 0.4) is 0 Å². The largest absolute Gasteiger partial charge is 0.345 e. The molecule has 14 heavy (non-hydrogen) atoms. The number of nitrogens with one attached hydrogen (secondary N) is 2. The van der Waals surface area contributed by atoms with Gasteiger partial charge in [-0.3, -0.25) is 0 Å². The third kappa shape index (κ3) is 1.71. The van der Waals surface area contributed by atoms with Crippen molar-refractivity contribution >= 4 is 11.3 Å². The normalized spacial score (nSPS) is 13.0. The molecule has 0 radical (unpaired) electrons. The molecule has 2 aromatic heterocycles. The third-order valence-electron chi connectivity index (χ3n) is 2.25. The molecule has 0 aliphatic rings. The Morgan fingerprint density at radius 2 is 2.43 bits per heavy atom. The molecule has 74 valence electrons. The van der Waals surface area contributed by atoms with Gasteiger partial charge in [-0.1, -0.05) is 0 Å². The number of H-pyrrole nitrogens is 1. The molecular weight excluding hydrogens is 194 g/mol. The molecule has 0 fully saturated rings. The van der Waals surface area contributed by atoms with E-state index in [1.165, 1.54) is 4.88 Å². The molecule has 0 aliphatic heterocycles. The highest BCUT2D eigenvalue weighted by molar-refractivity contribution is 7.10. The van der Waals surface area contributed by atoms with Gasteiger partial charge in [0, 0.05) is 34.3 Å². The summed E-state index contributed by atoms with van der Waals surface area (Å²) in [5.41, 5.74) is 1.16. The van der Waals surface area contributed by atoms with Gasteiger partial charge in [0.1, 0.15) is 5.82 Å². The van der Waals surface area contributed by atoms with E-state index in [0.29, 0.717) is 6.04 Å². The zero-order chi connectivity index (χ0) is 9.97. The van der Waals surface area contributed by atoms with E-state index in [1.54, 1.807) is 17.5 Å². The molecule has 0 amide bonds. The van der Waals surface area contributed by atoms with Gasteiger partial charge in [0.2, 0.25) is 0 Å². The fourth-order valence-corrected chi connectivity index (χ4v) is 2.23. The Labute approximate surface area is 87.2 Å². The summed E-state index contributed by atoms with van der Waals surface area (Å²) in [4.78, 5) is 8.65. The molecule has 0 aliphatic carbocycles. The molecule has 3 nitrogen and oxygen atoms in total. The lowest BCUT2D eigenvalue weighted by atomic mass is 10.2. The van der Waals surface area contributed by atoms with Gasteiger partial charge in [-0.25, -0.2) is 4.98 Å². The number of rotatable bonds is 3. The quantitative estimate of drug-likeness (QED) is 0.811. The molecule has 1 atom stereocenters. The summed E-state index contributed by atoms with van der Waals surface area (Å²) in [5, 5.41) is 5.35. The number of hydrogen-bond donors (Lipinski definition) is 2. The lowest BCUT2D eigenvalue weighted by Gasteiger charge is -2.05. The van der Waals surface area contributed by atoms with Gasteiger partial charge in [0.15, 0.2) is 0 Å². The van der Waals surface area contributed by atoms with Crippen molar-refractivity contribution in [3.05, 3.63) is 28.7 Å². The van der Waals surface area contributed by atoms with Crippen molar-refractivity contribution in [2.45, 2.75) is 13.0 Å². The highest BCUT2D eigenvalue weighted by Gasteiger charge is 2.08. The summed E-state index contributed by atoms with van der Waals surface area (Å²) < 4.78 is 0. The summed E-state index contributed by atoms with van der Waals surface area (Å²) in [6.45, 7) is 2.15. The van der Waals surface area contributed by atoms with Crippen LogP contribution in [-0.4, -0.2) is 17.0 Å². The molecule has 2 rings (SSSR count). The molecule has 0 aromatic carbocycles. The molecule has 2 N–H and O–H groups in total. The van der Waals surface area contributed by atoms with Crippen molar-refractivity contribution in [2.75, 3.05) is 7.05 Å². The first-order chi connectivity index (χ1) is 6.81. The predicted octanol–water partition coefficient (Wildman–Crippen LogP) is 2.42. The lowest BCUT2D eigenvalue weighted by molar-refractivity contribution is 0.664. The molecule has 0 saturated carbocycles. The van der Waals surface area contributed by atoms with E-state index in [2.05, 4.69) is 33.7 Å². The maximum atomic E-state index is 4.22. The second-order valence-electron chi connectivity index (χ2n) is 3.19. The molecule has 1 unspecified atom stereocenters. The molecular formula is C10H13N3S. The third-order valence-corrected chi connectivity index (χ3v) is 3.37. The minimum atomic E-state index is 0.406. The lowest BCUT2D eigenvalue weighted by Crippen LogP contribution is -2.10. The molecule has 2 aromatic rings. The van der Waals surface area contributed by atoms with Gasteiger partial charge < -0.3 is 10.3 Å². The van der Waals surface area contributed by atoms with E-state index in [0.717, 1.165) is 11.4 Å². The van der Waals surface area contributed by atoms with Gasteiger partial charge in [-0.15, -0.1) is 11.3 Å². The second kappa shape index (κ2) is 3.94. The standard InChI is InChI=1S/C10H13N3S/c1-7(11-2)9-5-8(6-14-9)10-12-3-4-13-10/h3-7,11H,1-2H3,(H,12,13). The summed E-state index contributed by atoms with van der Waals surface area (Å²) in [6.07, 6.45) is 3.61. The van der Waals surface area contributed by atoms with Crippen LogP contribution in [0.25, 0.3) is 11.4 Å². The highest BCUT2D eigenvalue weighted by Crippen LogP contribution is 2.26. The molecule has 0 saturated heterocycles. The van der Waals surface area contributed by atoms with Crippen molar-refractivity contribution < 1.29 is 0 Å². The Kier molecular flexibility index (Phi) is 2.65. The summed E-state index contributed by atoms with van der Waals surface area (Å²) in [5.74, 6) is 0.941. The zero-order valence-electron chi connectivity index (χ0n) is 8.24. The van der Waals surface area contributed by atoms with Crippen molar-refractivity contribution in [3.8, 4) is 11.4 Å². The second-order valence-corrected chi connectivity index (χ2v) is 4.13. The smallest absolute Gasteiger partial charge is 0.138 e. The number of aromatic amines is 1. The van der Waals surface area contributed by atoms with Crippen LogP contribution in [0, 0.1) is 0 Å². The van der Waals surface area contributed by atoms with E-state index in [-0.39, 0.29) is 0 Å². The minimum Gasteiger partial charge on any atom is -0.345 e. The van der Waals surface area contributed by atoms with Gasteiger partial charge in [0.05, 0.1) is 0 Å². The van der Waals surface area contributed by atoms with Gasteiger partial charge in [-0.05, 0) is 20.0 Å². The Hall–Kier alpha value is -1.13. The van der Waals surface area contributed by atoms with Crippen molar-refractivity contribution in [1.82, 2.24) is 15.3 Å². The summed E-state index contributed by atoms with van der Waals surface area (Å²) in [6, 6.07) is 2.58. The molecule has 2 heterocycles. The van der Waals surface area contributed by atoms with Gasteiger partial charge >= 0.3 is 0 Å². The Morgan fingerprint density at radius 3 is 3.07 bits per heavy atom. The fraction of sp³-hybridized carbons (Fsp3) is 0.300. The van der Waals surface area contributed by atoms with Crippen LogP contribution < -0.4 is 5.32 Å². The van der Waals surface area contributed by atoms with Gasteiger partial charge in [0.25, 0.3) is 0 Å². The van der Waals surface area contributed by atoms with E-state index < -0.39 is 0 Å². The molecule has 0 spiro atoms. The number of nitrogens with zero attached hydrogens (tertiary/aromatic N) is 1. The first-order valence-electron chi connectivity index (χ1n) is 4.56. The van der Waals surface area contributed by atoms with Crippen molar-refractivity contribution in [1.29, 1.82) is 0 Å². The van der Waals surface area contributed by atoms with Crippen LogP contribution in [0.15, 0.2) is 23.8 Å². The van der Waals surface area contributed by atoms with E-state index in [1.807, 2.05) is 13.2 Å². The predicted molar refractivity (Wildman–Crippen MR) is 59.4 cm³/mol. The van der Waals surface area contributed by atoms with Crippen LogP contribution in [-0.2, 0) is 0 Å². The van der Waals surface area contributed by atoms with Crippen molar-refractivity contribution in [2.24, 2.45) is 0 Å². The average molecular weight is 207 g/mol. The maximum Gasteiger partial charge on any atom is 0.138 e. The van der Waals surface area contributed by atoms with E-state index >= 15 is 0 Å². The molecule has 0 bridgehead atoms. The Bertz CT molecular complexity index is 391. The minimum absolute atomic E-state index is 0.406. The zero-order valence-corrected chi connectivity index (χ0v) is 9.06. The first kappa shape index (κ1) is 9.43. The van der Waals surface area contributed by atoms with E-state index in [4.69, 9.17) is 0 Å².